The number of hydrogen-bond acceptors (Lipinski definition) is 6. The van der Waals surface area contributed by atoms with E-state index in [9.17, 15) is 20.0 Å². The third-order valence-electron chi connectivity index (χ3n) is 6.68. The fraction of sp³-hybridized carbons (Fsp3) is 0.200. The Morgan fingerprint density at radius 1 is 1.18 bits per heavy atom. The number of carbonyl (C=O) groups is 1. The number of benzene rings is 2. The maximum atomic E-state index is 13.4. The molecule has 1 aliphatic heterocycles. The van der Waals surface area contributed by atoms with Crippen LogP contribution in [-0.2, 0) is 11.3 Å². The summed E-state index contributed by atoms with van der Waals surface area (Å²) in [5.41, 5.74) is 2.39. The molecule has 0 bridgehead atoms. The summed E-state index contributed by atoms with van der Waals surface area (Å²) in [6, 6.07) is 21.2. The molecule has 0 aliphatic carbocycles. The van der Waals surface area contributed by atoms with Crippen LogP contribution in [0, 0.1) is 18.3 Å². The summed E-state index contributed by atoms with van der Waals surface area (Å²) in [7, 11) is 0. The molecular weight excluding hydrogens is 480 g/mol. The number of allylic oxidation sites excluding steroid dienone is 1. The van der Waals surface area contributed by atoms with Crippen LogP contribution in [0.4, 0.5) is 0 Å². The zero-order valence-electron chi connectivity index (χ0n) is 20.9. The molecule has 1 N–H and O–H groups in total. The zero-order chi connectivity index (χ0) is 26.6. The van der Waals surface area contributed by atoms with Crippen molar-refractivity contribution in [2.45, 2.75) is 32.4 Å². The van der Waals surface area contributed by atoms with Crippen molar-refractivity contribution in [3.05, 3.63) is 106 Å². The van der Waals surface area contributed by atoms with E-state index in [2.05, 4.69) is 0 Å². The Morgan fingerprint density at radius 3 is 2.55 bits per heavy atom. The Bertz CT molecular complexity index is 1610. The third-order valence-corrected chi connectivity index (χ3v) is 6.68. The number of nitrogens with zero attached hydrogens (tertiary/aromatic N) is 4. The van der Waals surface area contributed by atoms with Crippen LogP contribution in [-0.4, -0.2) is 37.9 Å². The van der Waals surface area contributed by atoms with E-state index < -0.39 is 17.2 Å². The Morgan fingerprint density at radius 2 is 1.89 bits per heavy atom. The van der Waals surface area contributed by atoms with Crippen molar-refractivity contribution in [2.75, 3.05) is 6.61 Å². The molecule has 1 unspecified atom stereocenters. The number of carbonyl (C=O) groups excluding carboxylic acids is 1. The number of aromatic nitrogens is 3. The van der Waals surface area contributed by atoms with Crippen molar-refractivity contribution in [3.63, 3.8) is 0 Å². The lowest BCUT2D eigenvalue weighted by molar-refractivity contribution is 0.0930. The van der Waals surface area contributed by atoms with Gasteiger partial charge in [-0.25, -0.2) is 4.68 Å². The van der Waals surface area contributed by atoms with Crippen molar-refractivity contribution in [1.29, 1.82) is 5.26 Å². The van der Waals surface area contributed by atoms with Crippen molar-refractivity contribution in [3.8, 4) is 28.9 Å². The largest absolute Gasteiger partial charge is 0.494 e. The molecule has 1 aliphatic rings. The van der Waals surface area contributed by atoms with Crippen LogP contribution in [0.5, 0.6) is 5.88 Å². The molecule has 2 aromatic carbocycles. The van der Waals surface area contributed by atoms with Crippen LogP contribution in [0.25, 0.3) is 23.0 Å². The summed E-state index contributed by atoms with van der Waals surface area (Å²) in [5, 5.41) is 25.4. The van der Waals surface area contributed by atoms with E-state index in [1.54, 1.807) is 10.8 Å². The normalized spacial score (nSPS) is 15.1. The summed E-state index contributed by atoms with van der Waals surface area (Å²) in [5.74, 6) is -0.982. The van der Waals surface area contributed by atoms with E-state index in [1.807, 2.05) is 72.9 Å². The number of hydrogen-bond donors (Lipinski definition) is 1. The van der Waals surface area contributed by atoms with Crippen LogP contribution in [0.2, 0.25) is 0 Å². The minimum absolute atomic E-state index is 0.0750. The lowest BCUT2D eigenvalue weighted by Crippen LogP contribution is -2.30. The van der Waals surface area contributed by atoms with Gasteiger partial charge < -0.3 is 9.84 Å². The number of aromatic hydroxyl groups is 1. The highest BCUT2D eigenvalue weighted by Crippen LogP contribution is 2.27. The maximum Gasteiger partial charge on any atom is 0.271 e. The predicted octanol–water partition coefficient (Wildman–Crippen LogP) is 4.66. The third kappa shape index (κ3) is 4.80. The van der Waals surface area contributed by atoms with Crippen LogP contribution in [0.15, 0.2) is 77.7 Å². The summed E-state index contributed by atoms with van der Waals surface area (Å²) >= 11 is 0. The number of ketones is 1. The van der Waals surface area contributed by atoms with Gasteiger partial charge in [-0.05, 0) is 49.6 Å². The van der Waals surface area contributed by atoms with Gasteiger partial charge in [0.05, 0.1) is 29.6 Å². The summed E-state index contributed by atoms with van der Waals surface area (Å²) in [4.78, 5) is 26.3. The summed E-state index contributed by atoms with van der Waals surface area (Å²) in [6.45, 7) is 2.15. The molecule has 3 heterocycles. The number of nitriles is 1. The van der Waals surface area contributed by atoms with E-state index in [4.69, 9.17) is 9.84 Å². The summed E-state index contributed by atoms with van der Waals surface area (Å²) in [6.07, 6.45) is 6.13. The molecule has 8 nitrogen and oxygen atoms in total. The first-order valence-corrected chi connectivity index (χ1v) is 12.4. The summed E-state index contributed by atoms with van der Waals surface area (Å²) < 4.78 is 8.42. The highest BCUT2D eigenvalue weighted by Gasteiger charge is 2.26. The van der Waals surface area contributed by atoms with Gasteiger partial charge in [-0.3, -0.25) is 14.2 Å². The van der Waals surface area contributed by atoms with Gasteiger partial charge in [0.25, 0.3) is 5.56 Å². The van der Waals surface area contributed by atoms with Gasteiger partial charge in [0.2, 0.25) is 5.88 Å². The topological polar surface area (TPSA) is 110 Å². The average molecular weight is 507 g/mol. The lowest BCUT2D eigenvalue weighted by Gasteiger charge is -2.17. The first kappa shape index (κ1) is 24.9. The molecule has 190 valence electrons. The number of rotatable bonds is 7. The molecule has 8 heteroatoms. The minimum Gasteiger partial charge on any atom is -0.494 e. The molecule has 1 fully saturated rings. The SMILES string of the molecule is Cc1c(C(=O)/C=C/c2cn(-c3ccccc3)nc2-c2ccccc2)c(O)n(CC2CCCO2)c(=O)c1C#N. The average Bonchev–Trinajstić information content (AvgIpc) is 3.61. The monoisotopic (exact) mass is 506 g/mol. The van der Waals surface area contributed by atoms with Gasteiger partial charge in [0.15, 0.2) is 5.78 Å². The lowest BCUT2D eigenvalue weighted by atomic mass is 10.0. The molecule has 0 amide bonds. The fourth-order valence-corrected chi connectivity index (χ4v) is 4.70. The van der Waals surface area contributed by atoms with Gasteiger partial charge in [-0.2, -0.15) is 10.4 Å². The van der Waals surface area contributed by atoms with E-state index in [1.165, 1.54) is 13.0 Å². The van der Waals surface area contributed by atoms with Crippen LogP contribution < -0.4 is 5.56 Å². The Labute approximate surface area is 219 Å². The molecule has 0 saturated carbocycles. The second-order valence-corrected chi connectivity index (χ2v) is 9.14. The van der Waals surface area contributed by atoms with E-state index in [0.717, 1.165) is 28.7 Å². The number of pyridine rings is 1. The van der Waals surface area contributed by atoms with Crippen molar-refractivity contribution >= 4 is 11.9 Å². The smallest absolute Gasteiger partial charge is 0.271 e. The van der Waals surface area contributed by atoms with Crippen molar-refractivity contribution < 1.29 is 14.6 Å². The fourth-order valence-electron chi connectivity index (χ4n) is 4.70. The molecule has 0 spiro atoms. The van der Waals surface area contributed by atoms with Gasteiger partial charge in [0, 0.05) is 23.9 Å². The van der Waals surface area contributed by atoms with Crippen molar-refractivity contribution in [1.82, 2.24) is 14.3 Å². The molecular formula is C30H26N4O4. The standard InChI is InChI=1S/C30H26N4O4/c1-20-25(17-31)29(36)33(19-24-13-8-16-38-24)30(37)27(20)26(35)15-14-22-18-34(23-11-6-3-7-12-23)32-28(22)21-9-4-2-5-10-21/h2-7,9-12,14-15,18,24,37H,8,13,16,19H2,1H3/b15-14+. The van der Waals surface area contributed by atoms with E-state index in [0.29, 0.717) is 17.9 Å². The zero-order valence-corrected chi connectivity index (χ0v) is 20.9. The quantitative estimate of drug-likeness (QED) is 0.288. The van der Waals surface area contributed by atoms with Crippen LogP contribution in [0.3, 0.4) is 0 Å². The molecule has 0 radical (unpaired) electrons. The second kappa shape index (κ2) is 10.7. The first-order valence-electron chi connectivity index (χ1n) is 12.4. The molecule has 2 aromatic heterocycles. The highest BCUT2D eigenvalue weighted by molar-refractivity contribution is 6.09. The predicted molar refractivity (Wildman–Crippen MR) is 143 cm³/mol. The van der Waals surface area contributed by atoms with Crippen molar-refractivity contribution in [2.24, 2.45) is 0 Å². The molecule has 38 heavy (non-hydrogen) atoms. The molecule has 5 rings (SSSR count). The molecule has 1 atom stereocenters. The van der Waals surface area contributed by atoms with Crippen LogP contribution in [0.1, 0.15) is 39.9 Å². The second-order valence-electron chi connectivity index (χ2n) is 9.14. The van der Waals surface area contributed by atoms with Crippen LogP contribution >= 0.6 is 0 Å². The Hall–Kier alpha value is -4.74. The van der Waals surface area contributed by atoms with Gasteiger partial charge in [-0.1, -0.05) is 48.5 Å². The van der Waals surface area contributed by atoms with E-state index in [-0.39, 0.29) is 29.3 Å². The van der Waals surface area contributed by atoms with E-state index >= 15 is 0 Å². The Balaban J connectivity index is 1.55. The molecule has 1 saturated heterocycles. The highest BCUT2D eigenvalue weighted by atomic mass is 16.5. The minimum atomic E-state index is -0.631. The maximum absolute atomic E-state index is 13.4. The number of ether oxygens (including phenoxy) is 1. The first-order chi connectivity index (χ1) is 18.5. The van der Waals surface area contributed by atoms with Gasteiger partial charge >= 0.3 is 0 Å². The number of para-hydroxylation sites is 1. The Kier molecular flexibility index (Phi) is 7.03. The van der Waals surface area contributed by atoms with Gasteiger partial charge in [0.1, 0.15) is 11.6 Å². The molecule has 4 aromatic rings. The van der Waals surface area contributed by atoms with Gasteiger partial charge in [-0.15, -0.1) is 0 Å².